The molecule has 1 saturated heterocycles. The molecule has 0 spiro atoms. The van der Waals surface area contributed by atoms with Crippen molar-refractivity contribution in [3.05, 3.63) is 23.8 Å². The van der Waals surface area contributed by atoms with Crippen LogP contribution in [0.4, 0.5) is 0 Å². The van der Waals surface area contributed by atoms with E-state index < -0.39 is 0 Å². The van der Waals surface area contributed by atoms with Gasteiger partial charge in [-0.25, -0.2) is 0 Å². The van der Waals surface area contributed by atoms with Gasteiger partial charge in [-0.1, -0.05) is 19.9 Å². The SMILES string of the molecule is CCNC(=NCC(C)(C)c1ccc(OC)c(OC)c1)NC1CC(C)N(C2CC2)C1. The highest BCUT2D eigenvalue weighted by atomic mass is 16.5. The maximum atomic E-state index is 5.48. The lowest BCUT2D eigenvalue weighted by Crippen LogP contribution is -2.45. The molecule has 0 amide bonds. The molecule has 2 unspecified atom stereocenters. The van der Waals surface area contributed by atoms with Gasteiger partial charge in [0.25, 0.3) is 0 Å². The highest BCUT2D eigenvalue weighted by molar-refractivity contribution is 5.80. The van der Waals surface area contributed by atoms with Gasteiger partial charge in [0.15, 0.2) is 17.5 Å². The summed E-state index contributed by atoms with van der Waals surface area (Å²) >= 11 is 0. The van der Waals surface area contributed by atoms with E-state index in [4.69, 9.17) is 14.5 Å². The smallest absolute Gasteiger partial charge is 0.191 e. The van der Waals surface area contributed by atoms with Crippen LogP contribution in [0.2, 0.25) is 0 Å². The van der Waals surface area contributed by atoms with Crippen LogP contribution < -0.4 is 20.1 Å². The van der Waals surface area contributed by atoms with Crippen LogP contribution in [-0.4, -0.2) is 62.8 Å². The van der Waals surface area contributed by atoms with E-state index in [0.717, 1.165) is 36.6 Å². The van der Waals surface area contributed by atoms with Crippen LogP contribution in [-0.2, 0) is 5.41 Å². The number of rotatable bonds is 8. The Labute approximate surface area is 176 Å². The van der Waals surface area contributed by atoms with Gasteiger partial charge in [-0.15, -0.1) is 0 Å². The number of ether oxygens (including phenoxy) is 2. The largest absolute Gasteiger partial charge is 0.493 e. The zero-order chi connectivity index (χ0) is 21.0. The highest BCUT2D eigenvalue weighted by Gasteiger charge is 2.39. The van der Waals surface area contributed by atoms with Crippen LogP contribution in [0.5, 0.6) is 11.5 Å². The Kier molecular flexibility index (Phi) is 6.93. The quantitative estimate of drug-likeness (QED) is 0.517. The van der Waals surface area contributed by atoms with Gasteiger partial charge in [0.2, 0.25) is 0 Å². The van der Waals surface area contributed by atoms with E-state index >= 15 is 0 Å². The molecule has 1 aliphatic carbocycles. The van der Waals surface area contributed by atoms with E-state index in [1.165, 1.54) is 24.8 Å². The number of guanidine groups is 1. The number of methoxy groups -OCH3 is 2. The molecule has 1 aromatic rings. The lowest BCUT2D eigenvalue weighted by molar-refractivity contribution is 0.256. The summed E-state index contributed by atoms with van der Waals surface area (Å²) in [4.78, 5) is 7.60. The number of likely N-dealkylation sites (tertiary alicyclic amines) is 1. The Hall–Kier alpha value is -1.95. The summed E-state index contributed by atoms with van der Waals surface area (Å²) in [5.41, 5.74) is 1.06. The van der Waals surface area contributed by atoms with E-state index in [-0.39, 0.29) is 5.41 Å². The third-order valence-corrected chi connectivity index (χ3v) is 6.12. The average Bonchev–Trinajstić information content (AvgIpc) is 3.48. The first kappa shape index (κ1) is 21.8. The molecule has 6 heteroatoms. The van der Waals surface area contributed by atoms with Crippen molar-refractivity contribution < 1.29 is 9.47 Å². The molecule has 0 radical (unpaired) electrons. The summed E-state index contributed by atoms with van der Waals surface area (Å²) in [6.45, 7) is 11.6. The number of aliphatic imine (C=N–C) groups is 1. The monoisotopic (exact) mass is 402 g/mol. The van der Waals surface area contributed by atoms with E-state index in [2.05, 4.69) is 55.4 Å². The summed E-state index contributed by atoms with van der Waals surface area (Å²) < 4.78 is 10.8. The second-order valence-electron chi connectivity index (χ2n) is 9.00. The molecule has 2 aliphatic rings. The molecule has 2 fully saturated rings. The molecule has 2 atom stereocenters. The van der Waals surface area contributed by atoms with Gasteiger partial charge >= 0.3 is 0 Å². The highest BCUT2D eigenvalue weighted by Crippen LogP contribution is 2.34. The average molecular weight is 403 g/mol. The molecule has 1 saturated carbocycles. The van der Waals surface area contributed by atoms with Gasteiger partial charge < -0.3 is 20.1 Å². The van der Waals surface area contributed by atoms with Crippen LogP contribution >= 0.6 is 0 Å². The van der Waals surface area contributed by atoms with Crippen LogP contribution in [0.3, 0.4) is 0 Å². The summed E-state index contributed by atoms with van der Waals surface area (Å²) in [5.74, 6) is 2.42. The van der Waals surface area contributed by atoms with Crippen LogP contribution in [0.1, 0.15) is 52.5 Å². The fraction of sp³-hybridized carbons (Fsp3) is 0.696. The van der Waals surface area contributed by atoms with Gasteiger partial charge in [-0.05, 0) is 50.8 Å². The van der Waals surface area contributed by atoms with Gasteiger partial charge in [0.1, 0.15) is 0 Å². The minimum Gasteiger partial charge on any atom is -0.493 e. The van der Waals surface area contributed by atoms with Gasteiger partial charge in [-0.2, -0.15) is 0 Å². The molecule has 0 aromatic heterocycles. The van der Waals surface area contributed by atoms with Crippen molar-refractivity contribution in [3.8, 4) is 11.5 Å². The fourth-order valence-corrected chi connectivity index (χ4v) is 4.21. The van der Waals surface area contributed by atoms with Gasteiger partial charge in [-0.3, -0.25) is 9.89 Å². The summed E-state index contributed by atoms with van der Waals surface area (Å²) in [7, 11) is 3.34. The third kappa shape index (κ3) is 5.35. The predicted molar refractivity (Wildman–Crippen MR) is 119 cm³/mol. The van der Waals surface area contributed by atoms with Crippen molar-refractivity contribution in [1.29, 1.82) is 0 Å². The number of nitrogens with one attached hydrogen (secondary N) is 2. The molecular formula is C23H38N4O2. The first-order chi connectivity index (χ1) is 13.9. The van der Waals surface area contributed by atoms with Crippen molar-refractivity contribution >= 4 is 5.96 Å². The van der Waals surface area contributed by atoms with Crippen molar-refractivity contribution in [1.82, 2.24) is 15.5 Å². The molecule has 1 aromatic carbocycles. The number of hydrogen-bond acceptors (Lipinski definition) is 4. The van der Waals surface area contributed by atoms with E-state index in [1.807, 2.05) is 6.07 Å². The summed E-state index contributed by atoms with van der Waals surface area (Å²) in [5, 5.41) is 7.10. The number of benzene rings is 1. The Bertz CT molecular complexity index is 715. The molecule has 162 valence electrons. The van der Waals surface area contributed by atoms with Crippen LogP contribution in [0.15, 0.2) is 23.2 Å². The second kappa shape index (κ2) is 9.24. The standard InChI is InChI=1S/C23H38N4O2/c1-7-24-22(26-18-12-16(2)27(14-18)19-9-10-19)25-15-23(3,4)17-8-11-20(28-5)21(13-17)29-6/h8,11,13,16,18-19H,7,9-10,12,14-15H2,1-6H3,(H2,24,25,26). The minimum absolute atomic E-state index is 0.120. The van der Waals surface area contributed by atoms with E-state index in [9.17, 15) is 0 Å². The number of nitrogens with zero attached hydrogens (tertiary/aromatic N) is 2. The Morgan fingerprint density at radius 3 is 2.55 bits per heavy atom. The lowest BCUT2D eigenvalue weighted by atomic mass is 9.84. The van der Waals surface area contributed by atoms with E-state index in [1.54, 1.807) is 14.2 Å². The van der Waals surface area contributed by atoms with Crippen molar-refractivity contribution in [2.45, 2.75) is 70.5 Å². The fourth-order valence-electron chi connectivity index (χ4n) is 4.21. The Morgan fingerprint density at radius 1 is 1.21 bits per heavy atom. The minimum atomic E-state index is -0.120. The first-order valence-electron chi connectivity index (χ1n) is 10.9. The molecule has 29 heavy (non-hydrogen) atoms. The zero-order valence-electron chi connectivity index (χ0n) is 18.9. The van der Waals surface area contributed by atoms with Crippen molar-refractivity contribution in [2.75, 3.05) is 33.9 Å². The molecular weight excluding hydrogens is 364 g/mol. The number of hydrogen-bond donors (Lipinski definition) is 2. The van der Waals surface area contributed by atoms with Crippen molar-refractivity contribution in [2.24, 2.45) is 4.99 Å². The van der Waals surface area contributed by atoms with E-state index in [0.29, 0.717) is 18.6 Å². The summed E-state index contributed by atoms with van der Waals surface area (Å²) in [6, 6.07) is 8.07. The lowest BCUT2D eigenvalue weighted by Gasteiger charge is -2.25. The van der Waals surface area contributed by atoms with Crippen LogP contribution in [0.25, 0.3) is 0 Å². The van der Waals surface area contributed by atoms with Crippen molar-refractivity contribution in [3.63, 3.8) is 0 Å². The zero-order valence-corrected chi connectivity index (χ0v) is 18.9. The maximum Gasteiger partial charge on any atom is 0.191 e. The predicted octanol–water partition coefficient (Wildman–Crippen LogP) is 3.16. The molecule has 1 heterocycles. The van der Waals surface area contributed by atoms with Gasteiger partial charge in [0.05, 0.1) is 20.8 Å². The molecule has 2 N–H and O–H groups in total. The molecule has 0 bridgehead atoms. The second-order valence-corrected chi connectivity index (χ2v) is 9.00. The van der Waals surface area contributed by atoms with Gasteiger partial charge in [0, 0.05) is 36.6 Å². The normalized spacial score (nSPS) is 23.2. The molecule has 3 rings (SSSR count). The summed E-state index contributed by atoms with van der Waals surface area (Å²) in [6.07, 6.45) is 3.91. The third-order valence-electron chi connectivity index (χ3n) is 6.12. The topological polar surface area (TPSA) is 58.1 Å². The Morgan fingerprint density at radius 2 is 1.93 bits per heavy atom. The molecule has 6 nitrogen and oxygen atoms in total. The Balaban J connectivity index is 1.67. The first-order valence-corrected chi connectivity index (χ1v) is 10.9. The van der Waals surface area contributed by atoms with Crippen LogP contribution in [0, 0.1) is 0 Å². The maximum absolute atomic E-state index is 5.48. The molecule has 1 aliphatic heterocycles.